The number of hydrogen-bond donors (Lipinski definition) is 2. The van der Waals surface area contributed by atoms with Gasteiger partial charge in [-0.05, 0) is 36.4 Å². The Bertz CT molecular complexity index is 492. The van der Waals surface area contributed by atoms with Crippen LogP contribution in [0, 0.1) is 22.0 Å². The second-order valence-electron chi connectivity index (χ2n) is 5.72. The van der Waals surface area contributed by atoms with Gasteiger partial charge in [0.05, 0.1) is 10.6 Å². The minimum Gasteiger partial charge on any atom is -0.324 e. The molecule has 2 rings (SSSR count). The third kappa shape index (κ3) is 3.26. The highest BCUT2D eigenvalue weighted by Gasteiger charge is 2.23. The van der Waals surface area contributed by atoms with Crippen LogP contribution < -0.4 is 11.3 Å². The summed E-state index contributed by atoms with van der Waals surface area (Å²) in [5, 5.41) is 10.9. The lowest BCUT2D eigenvalue weighted by molar-refractivity contribution is -0.384. The van der Waals surface area contributed by atoms with Crippen LogP contribution in [0.3, 0.4) is 0 Å². The van der Waals surface area contributed by atoms with Crippen LogP contribution in [0.1, 0.15) is 25.8 Å². The van der Waals surface area contributed by atoms with Crippen molar-refractivity contribution in [2.75, 3.05) is 18.5 Å². The van der Waals surface area contributed by atoms with Crippen molar-refractivity contribution in [2.24, 2.45) is 17.7 Å². The number of hydrazine groups is 1. The molecule has 2 unspecified atom stereocenters. The first-order chi connectivity index (χ1) is 9.51. The number of anilines is 1. The summed E-state index contributed by atoms with van der Waals surface area (Å²) < 4.78 is 0. The van der Waals surface area contributed by atoms with E-state index in [0.717, 1.165) is 30.3 Å². The van der Waals surface area contributed by atoms with E-state index in [-0.39, 0.29) is 10.6 Å². The minimum atomic E-state index is -0.370. The predicted molar refractivity (Wildman–Crippen MR) is 79.1 cm³/mol. The molecule has 0 bridgehead atoms. The largest absolute Gasteiger partial charge is 0.324 e. The third-order valence-electron chi connectivity index (χ3n) is 4.27. The number of nitro groups is 1. The van der Waals surface area contributed by atoms with Crippen LogP contribution in [0.2, 0.25) is 0 Å². The van der Waals surface area contributed by atoms with Gasteiger partial charge in [-0.25, -0.2) is 0 Å². The number of benzene rings is 1. The number of hydrogen-bond acceptors (Lipinski definition) is 5. The van der Waals surface area contributed by atoms with Gasteiger partial charge in [-0.3, -0.25) is 20.9 Å². The lowest BCUT2D eigenvalue weighted by atomic mass is 9.88. The van der Waals surface area contributed by atoms with E-state index >= 15 is 0 Å². The van der Waals surface area contributed by atoms with E-state index in [1.54, 1.807) is 12.1 Å². The normalized spacial score (nSPS) is 23.6. The Morgan fingerprint density at radius 1 is 1.45 bits per heavy atom. The van der Waals surface area contributed by atoms with Crippen LogP contribution in [-0.2, 0) is 6.54 Å². The van der Waals surface area contributed by atoms with Crippen LogP contribution in [0.5, 0.6) is 0 Å². The van der Waals surface area contributed by atoms with Crippen molar-refractivity contribution in [1.29, 1.82) is 0 Å². The lowest BCUT2D eigenvalue weighted by Crippen LogP contribution is -2.38. The molecule has 1 fully saturated rings. The Labute approximate surface area is 119 Å². The Morgan fingerprint density at radius 3 is 2.80 bits per heavy atom. The molecule has 0 amide bonds. The molecule has 1 saturated heterocycles. The Balaban J connectivity index is 2.15. The highest BCUT2D eigenvalue weighted by molar-refractivity contribution is 5.55. The van der Waals surface area contributed by atoms with Gasteiger partial charge >= 0.3 is 0 Å². The van der Waals surface area contributed by atoms with Crippen LogP contribution in [-0.4, -0.2) is 22.9 Å². The maximum atomic E-state index is 10.9. The fourth-order valence-electron chi connectivity index (χ4n) is 2.70. The summed E-state index contributed by atoms with van der Waals surface area (Å²) in [5.41, 5.74) is 4.36. The lowest BCUT2D eigenvalue weighted by Gasteiger charge is -2.35. The average molecular weight is 278 g/mol. The molecular weight excluding hydrogens is 256 g/mol. The summed E-state index contributed by atoms with van der Waals surface area (Å²) in [6.45, 7) is 7.28. The average Bonchev–Trinajstić information content (AvgIpc) is 2.42. The Kier molecular flexibility index (Phi) is 4.57. The summed E-state index contributed by atoms with van der Waals surface area (Å²) in [4.78, 5) is 12.8. The van der Waals surface area contributed by atoms with E-state index in [9.17, 15) is 10.1 Å². The van der Waals surface area contributed by atoms with Crippen molar-refractivity contribution in [3.05, 3.63) is 33.9 Å². The van der Waals surface area contributed by atoms with Gasteiger partial charge < -0.3 is 5.43 Å². The van der Waals surface area contributed by atoms with Gasteiger partial charge in [-0.1, -0.05) is 13.8 Å². The minimum absolute atomic E-state index is 0.109. The molecule has 1 aromatic carbocycles. The number of nitrogen functional groups attached to an aromatic ring is 1. The number of nitro benzene ring substituents is 1. The van der Waals surface area contributed by atoms with E-state index in [1.807, 2.05) is 0 Å². The van der Waals surface area contributed by atoms with Crippen molar-refractivity contribution >= 4 is 11.4 Å². The number of nitrogens with one attached hydrogen (secondary N) is 1. The summed E-state index contributed by atoms with van der Waals surface area (Å²) in [6, 6.07) is 4.75. The fourth-order valence-corrected chi connectivity index (χ4v) is 2.70. The molecule has 0 aromatic heterocycles. The standard InChI is InChI=1S/C14H22N4O2/c1-10-5-6-17(8-11(10)2)9-12-7-13(18(19)20)3-4-14(12)16-15/h3-4,7,10-11,16H,5-6,8-9,15H2,1-2H3. The zero-order chi connectivity index (χ0) is 14.7. The van der Waals surface area contributed by atoms with Crippen molar-refractivity contribution in [1.82, 2.24) is 4.90 Å². The van der Waals surface area contributed by atoms with Crippen molar-refractivity contribution < 1.29 is 4.92 Å². The van der Waals surface area contributed by atoms with Gasteiger partial charge in [0, 0.05) is 25.2 Å². The number of piperidine rings is 1. The first-order valence-corrected chi connectivity index (χ1v) is 6.97. The molecule has 0 radical (unpaired) electrons. The van der Waals surface area contributed by atoms with Crippen molar-refractivity contribution in [3.63, 3.8) is 0 Å². The first kappa shape index (κ1) is 14.7. The molecule has 3 N–H and O–H groups in total. The smallest absolute Gasteiger partial charge is 0.269 e. The first-order valence-electron chi connectivity index (χ1n) is 6.97. The van der Waals surface area contributed by atoms with Crippen molar-refractivity contribution in [2.45, 2.75) is 26.8 Å². The number of rotatable bonds is 4. The number of nitrogens with two attached hydrogens (primary N) is 1. The van der Waals surface area contributed by atoms with Gasteiger partial charge in [0.2, 0.25) is 0 Å². The number of non-ortho nitro benzene ring substituents is 1. The summed E-state index contributed by atoms with van der Waals surface area (Å²) in [5.74, 6) is 6.88. The maximum absolute atomic E-state index is 10.9. The summed E-state index contributed by atoms with van der Waals surface area (Å²) >= 11 is 0. The molecule has 2 atom stereocenters. The quantitative estimate of drug-likeness (QED) is 0.502. The van der Waals surface area contributed by atoms with Gasteiger partial charge in [-0.15, -0.1) is 0 Å². The molecule has 110 valence electrons. The van der Waals surface area contributed by atoms with E-state index in [4.69, 9.17) is 5.84 Å². The van der Waals surface area contributed by atoms with Crippen LogP contribution in [0.15, 0.2) is 18.2 Å². The Hall–Kier alpha value is -1.66. The highest BCUT2D eigenvalue weighted by atomic mass is 16.6. The number of nitrogens with zero attached hydrogens (tertiary/aromatic N) is 2. The van der Waals surface area contributed by atoms with Crippen LogP contribution in [0.4, 0.5) is 11.4 Å². The molecule has 0 saturated carbocycles. The molecule has 0 spiro atoms. The van der Waals surface area contributed by atoms with E-state index in [1.165, 1.54) is 12.5 Å². The molecule has 6 heteroatoms. The van der Waals surface area contributed by atoms with E-state index < -0.39 is 0 Å². The van der Waals surface area contributed by atoms with Crippen LogP contribution >= 0.6 is 0 Å². The fraction of sp³-hybridized carbons (Fsp3) is 0.571. The molecule has 1 aliphatic heterocycles. The Morgan fingerprint density at radius 2 is 2.20 bits per heavy atom. The van der Waals surface area contributed by atoms with Gasteiger partial charge in [0.1, 0.15) is 0 Å². The van der Waals surface area contributed by atoms with Gasteiger partial charge in [-0.2, -0.15) is 0 Å². The second-order valence-corrected chi connectivity index (χ2v) is 5.72. The van der Waals surface area contributed by atoms with Gasteiger partial charge in [0.25, 0.3) is 5.69 Å². The molecule has 6 nitrogen and oxygen atoms in total. The topological polar surface area (TPSA) is 84.4 Å². The molecule has 1 aliphatic rings. The molecular formula is C14H22N4O2. The monoisotopic (exact) mass is 278 g/mol. The molecule has 1 aromatic rings. The summed E-state index contributed by atoms with van der Waals surface area (Å²) in [7, 11) is 0. The van der Waals surface area contributed by atoms with Crippen LogP contribution in [0.25, 0.3) is 0 Å². The van der Waals surface area contributed by atoms with Gasteiger partial charge in [0.15, 0.2) is 0 Å². The van der Waals surface area contributed by atoms with Crippen molar-refractivity contribution in [3.8, 4) is 0 Å². The van der Waals surface area contributed by atoms with E-state index in [2.05, 4.69) is 24.2 Å². The maximum Gasteiger partial charge on any atom is 0.269 e. The predicted octanol–water partition coefficient (Wildman–Crippen LogP) is 2.36. The zero-order valence-corrected chi connectivity index (χ0v) is 12.0. The highest BCUT2D eigenvalue weighted by Crippen LogP contribution is 2.27. The SMILES string of the molecule is CC1CCN(Cc2cc([N+](=O)[O-])ccc2NN)CC1C. The molecule has 1 heterocycles. The molecule has 20 heavy (non-hydrogen) atoms. The number of likely N-dealkylation sites (tertiary alicyclic amines) is 1. The molecule has 0 aliphatic carbocycles. The zero-order valence-electron chi connectivity index (χ0n) is 12.0. The third-order valence-corrected chi connectivity index (χ3v) is 4.27. The van der Waals surface area contributed by atoms with E-state index in [0.29, 0.717) is 12.5 Å². The second kappa shape index (κ2) is 6.19. The summed E-state index contributed by atoms with van der Waals surface area (Å²) in [6.07, 6.45) is 1.17.